The molecule has 0 spiro atoms. The zero-order valence-corrected chi connectivity index (χ0v) is 19.5. The van der Waals surface area contributed by atoms with Gasteiger partial charge in [0.2, 0.25) is 0 Å². The quantitative estimate of drug-likeness (QED) is 0.256. The molecule has 4 nitrogen and oxygen atoms in total. The van der Waals surface area contributed by atoms with Gasteiger partial charge in [-0.15, -0.1) is 0 Å². The van der Waals surface area contributed by atoms with Gasteiger partial charge in [0.05, 0.1) is 45.0 Å². The van der Waals surface area contributed by atoms with E-state index in [0.29, 0.717) is 16.8 Å². The van der Waals surface area contributed by atoms with Crippen molar-refractivity contribution in [2.45, 2.75) is 0 Å². The van der Waals surface area contributed by atoms with Crippen LogP contribution in [0.1, 0.15) is 11.1 Å². The second kappa shape index (κ2) is 7.81. The minimum absolute atomic E-state index is 0.292. The molecule has 7 rings (SSSR count). The lowest BCUT2D eigenvalue weighted by atomic mass is 10.1. The van der Waals surface area contributed by atoms with E-state index in [9.17, 15) is 14.9 Å². The fourth-order valence-electron chi connectivity index (χ4n) is 5.50. The molecule has 5 heteroatoms. The number of hydrogen-bond donors (Lipinski definition) is 0. The van der Waals surface area contributed by atoms with Crippen LogP contribution in [0.25, 0.3) is 55.0 Å². The monoisotopic (exact) mass is 476 g/mol. The second-order valence-electron chi connectivity index (χ2n) is 8.99. The highest BCUT2D eigenvalue weighted by Crippen LogP contribution is 2.41. The van der Waals surface area contributed by atoms with Crippen molar-refractivity contribution in [3.05, 3.63) is 120 Å². The fourth-order valence-corrected chi connectivity index (χ4v) is 5.50. The van der Waals surface area contributed by atoms with E-state index in [2.05, 4.69) is 51.6 Å². The van der Waals surface area contributed by atoms with Crippen LogP contribution >= 0.6 is 0 Å². The molecule has 37 heavy (non-hydrogen) atoms. The first-order valence-electron chi connectivity index (χ1n) is 11.9. The molecule has 0 radical (unpaired) electrons. The van der Waals surface area contributed by atoms with Gasteiger partial charge in [-0.1, -0.05) is 48.5 Å². The van der Waals surface area contributed by atoms with Gasteiger partial charge >= 0.3 is 0 Å². The van der Waals surface area contributed by atoms with Crippen LogP contribution in [0.5, 0.6) is 0 Å². The summed E-state index contributed by atoms with van der Waals surface area (Å²) >= 11 is 0. The summed E-state index contributed by atoms with van der Waals surface area (Å²) in [6.07, 6.45) is 0. The van der Waals surface area contributed by atoms with E-state index in [4.69, 9.17) is 0 Å². The molecule has 2 aromatic heterocycles. The fraction of sp³-hybridized carbons (Fsp3) is 0. The third kappa shape index (κ3) is 2.92. The number of rotatable bonds is 2. The Balaban J connectivity index is 1.76. The minimum atomic E-state index is -0.292. The van der Waals surface area contributed by atoms with Crippen LogP contribution < -0.4 is 0 Å². The number of hydrogen-bond acceptors (Lipinski definition) is 2. The molecule has 0 amide bonds. The molecule has 0 fully saturated rings. The molecule has 0 unspecified atom stereocenters. The standard InChI is InChI=1S/C32H17FN4/c33-22-10-12-23(13-11-22)36-29-7-3-1-5-24(29)26-14-15-27-25-6-2-4-8-30(25)37(32(27)31(26)36)28-16-9-20(18-34)17-21(28)19-35/h1-17H. The van der Waals surface area contributed by atoms with E-state index < -0.39 is 0 Å². The van der Waals surface area contributed by atoms with Gasteiger partial charge in [-0.2, -0.15) is 10.5 Å². The highest BCUT2D eigenvalue weighted by molar-refractivity contribution is 6.23. The van der Waals surface area contributed by atoms with Crippen molar-refractivity contribution in [1.82, 2.24) is 9.13 Å². The average molecular weight is 477 g/mol. The molecule has 0 saturated carbocycles. The van der Waals surface area contributed by atoms with Crippen molar-refractivity contribution in [3.8, 4) is 23.5 Å². The number of nitriles is 2. The maximum Gasteiger partial charge on any atom is 0.123 e. The minimum Gasteiger partial charge on any atom is -0.307 e. The zero-order chi connectivity index (χ0) is 25.1. The molecule has 0 N–H and O–H groups in total. The number of nitrogens with zero attached hydrogens (tertiary/aromatic N) is 4. The number of aromatic nitrogens is 2. The molecular weight excluding hydrogens is 459 g/mol. The van der Waals surface area contributed by atoms with E-state index in [1.165, 1.54) is 12.1 Å². The van der Waals surface area contributed by atoms with Gasteiger partial charge in [0.25, 0.3) is 0 Å². The summed E-state index contributed by atoms with van der Waals surface area (Å²) in [5.41, 5.74) is 6.29. The SMILES string of the molecule is N#Cc1ccc(-n2c3ccccc3c3ccc4c5ccccc5n(-c5ccc(F)cc5)c4c32)c(C#N)c1. The smallest absolute Gasteiger partial charge is 0.123 e. The largest absolute Gasteiger partial charge is 0.307 e. The van der Waals surface area contributed by atoms with Crippen molar-refractivity contribution in [2.24, 2.45) is 0 Å². The summed E-state index contributed by atoms with van der Waals surface area (Å²) in [6.45, 7) is 0. The zero-order valence-electron chi connectivity index (χ0n) is 19.5. The van der Waals surface area contributed by atoms with E-state index in [1.807, 2.05) is 36.4 Å². The van der Waals surface area contributed by atoms with Crippen molar-refractivity contribution in [1.29, 1.82) is 10.5 Å². The van der Waals surface area contributed by atoms with Crippen LogP contribution in [0, 0.1) is 28.5 Å². The molecule has 5 aromatic carbocycles. The first-order valence-corrected chi connectivity index (χ1v) is 11.9. The number of para-hydroxylation sites is 2. The Bertz CT molecular complexity index is 2120. The summed E-state index contributed by atoms with van der Waals surface area (Å²) in [5.74, 6) is -0.292. The Hall–Kier alpha value is -5.39. The lowest BCUT2D eigenvalue weighted by molar-refractivity contribution is 0.627. The molecule has 0 atom stereocenters. The van der Waals surface area contributed by atoms with Crippen molar-refractivity contribution >= 4 is 43.6 Å². The van der Waals surface area contributed by atoms with E-state index in [0.717, 1.165) is 49.3 Å². The molecule has 0 aliphatic heterocycles. The van der Waals surface area contributed by atoms with E-state index in [1.54, 1.807) is 24.3 Å². The van der Waals surface area contributed by atoms with Gasteiger partial charge in [0, 0.05) is 27.2 Å². The van der Waals surface area contributed by atoms with Gasteiger partial charge in [-0.05, 0) is 54.6 Å². The van der Waals surface area contributed by atoms with E-state index >= 15 is 0 Å². The van der Waals surface area contributed by atoms with Crippen LogP contribution in [-0.2, 0) is 0 Å². The third-order valence-corrected chi connectivity index (χ3v) is 7.04. The Morgan fingerprint density at radius 3 is 1.78 bits per heavy atom. The van der Waals surface area contributed by atoms with Crippen LogP contribution in [-0.4, -0.2) is 9.13 Å². The molecule has 7 aromatic rings. The molecular formula is C32H17FN4. The highest BCUT2D eigenvalue weighted by atomic mass is 19.1. The Kier molecular flexibility index (Phi) is 4.42. The van der Waals surface area contributed by atoms with Crippen molar-refractivity contribution < 1.29 is 4.39 Å². The molecule has 0 bridgehead atoms. The number of halogens is 1. The summed E-state index contributed by atoms with van der Waals surface area (Å²) in [7, 11) is 0. The summed E-state index contributed by atoms with van der Waals surface area (Å²) in [5, 5.41) is 23.7. The Morgan fingerprint density at radius 1 is 0.568 bits per heavy atom. The maximum atomic E-state index is 13.9. The molecule has 0 aliphatic carbocycles. The molecule has 172 valence electrons. The molecule has 2 heterocycles. The van der Waals surface area contributed by atoms with Crippen LogP contribution in [0.2, 0.25) is 0 Å². The maximum absolute atomic E-state index is 13.9. The van der Waals surface area contributed by atoms with Gasteiger partial charge in [0.15, 0.2) is 0 Å². The van der Waals surface area contributed by atoms with Crippen molar-refractivity contribution in [2.75, 3.05) is 0 Å². The Morgan fingerprint density at radius 2 is 1.16 bits per heavy atom. The topological polar surface area (TPSA) is 57.4 Å². The van der Waals surface area contributed by atoms with Gasteiger partial charge in [-0.3, -0.25) is 0 Å². The van der Waals surface area contributed by atoms with Gasteiger partial charge in [0.1, 0.15) is 11.9 Å². The lowest BCUT2D eigenvalue weighted by Gasteiger charge is -2.13. The number of benzene rings is 5. The normalized spacial score (nSPS) is 11.3. The van der Waals surface area contributed by atoms with Crippen molar-refractivity contribution in [3.63, 3.8) is 0 Å². The van der Waals surface area contributed by atoms with Crippen LogP contribution in [0.15, 0.2) is 103 Å². The second-order valence-corrected chi connectivity index (χ2v) is 8.99. The lowest BCUT2D eigenvalue weighted by Crippen LogP contribution is -2.01. The average Bonchev–Trinajstić information content (AvgIpc) is 3.46. The Labute approximate surface area is 211 Å². The summed E-state index contributed by atoms with van der Waals surface area (Å²) in [4.78, 5) is 0. The highest BCUT2D eigenvalue weighted by Gasteiger charge is 2.22. The third-order valence-electron chi connectivity index (χ3n) is 7.04. The molecule has 0 saturated heterocycles. The van der Waals surface area contributed by atoms with E-state index in [-0.39, 0.29) is 5.82 Å². The summed E-state index contributed by atoms with van der Waals surface area (Å²) in [6, 6.07) is 36.7. The summed E-state index contributed by atoms with van der Waals surface area (Å²) < 4.78 is 18.2. The van der Waals surface area contributed by atoms with Gasteiger partial charge in [-0.25, -0.2) is 4.39 Å². The first-order chi connectivity index (χ1) is 18.2. The predicted molar refractivity (Wildman–Crippen MR) is 145 cm³/mol. The van der Waals surface area contributed by atoms with Crippen LogP contribution in [0.4, 0.5) is 4.39 Å². The first kappa shape index (κ1) is 20.9. The molecule has 0 aliphatic rings. The number of fused-ring (bicyclic) bond motifs is 7. The van der Waals surface area contributed by atoms with Gasteiger partial charge < -0.3 is 9.13 Å². The van der Waals surface area contributed by atoms with Crippen LogP contribution in [0.3, 0.4) is 0 Å². The predicted octanol–water partition coefficient (Wildman–Crippen LogP) is 7.76.